The maximum absolute atomic E-state index is 4.13. The molecule has 0 aliphatic rings. The predicted octanol–water partition coefficient (Wildman–Crippen LogP) is 3.99. The molecule has 2 rings (SSSR count). The first-order valence-electron chi connectivity index (χ1n) is 5.54. The van der Waals surface area contributed by atoms with Gasteiger partial charge in [-0.3, -0.25) is 0 Å². The summed E-state index contributed by atoms with van der Waals surface area (Å²) in [6.45, 7) is 9.99. The van der Waals surface area contributed by atoms with E-state index in [4.69, 9.17) is 0 Å². The first kappa shape index (κ1) is 13.6. The van der Waals surface area contributed by atoms with Crippen LogP contribution in [0.2, 0.25) is 0 Å². The summed E-state index contributed by atoms with van der Waals surface area (Å²) in [7, 11) is 0. The molecule has 0 bridgehead atoms. The fraction of sp³-hybridized carbons (Fsp3) is 0.385. The summed E-state index contributed by atoms with van der Waals surface area (Å²) >= 11 is 0. The Morgan fingerprint density at radius 1 is 0.867 bits per heavy atom. The lowest BCUT2D eigenvalue weighted by Gasteiger charge is -1.96. The Morgan fingerprint density at radius 2 is 1.47 bits per heavy atom. The van der Waals surface area contributed by atoms with Crippen molar-refractivity contribution in [3.05, 3.63) is 36.3 Å². The second-order valence-corrected chi connectivity index (χ2v) is 2.48. The highest BCUT2D eigenvalue weighted by atomic mass is 14.8. The maximum Gasteiger partial charge on any atom is 0.116 e. The van der Waals surface area contributed by atoms with E-state index in [9.17, 15) is 0 Å². The van der Waals surface area contributed by atoms with Gasteiger partial charge in [0.15, 0.2) is 0 Å². The molecule has 15 heavy (non-hydrogen) atoms. The van der Waals surface area contributed by atoms with Gasteiger partial charge in [-0.2, -0.15) is 0 Å². The number of benzene rings is 1. The van der Waals surface area contributed by atoms with E-state index in [2.05, 4.69) is 9.97 Å². The highest BCUT2D eigenvalue weighted by Crippen LogP contribution is 2.11. The monoisotopic (exact) mass is 204 g/mol. The van der Waals surface area contributed by atoms with E-state index >= 15 is 0 Å². The highest BCUT2D eigenvalue weighted by molar-refractivity contribution is 5.80. The molecule has 0 amide bonds. The topological polar surface area (TPSA) is 25.8 Å². The number of nitrogens with zero attached hydrogens (tertiary/aromatic N) is 2. The number of rotatable bonds is 0. The van der Waals surface area contributed by atoms with Crippen molar-refractivity contribution in [1.82, 2.24) is 9.97 Å². The van der Waals surface area contributed by atoms with Crippen molar-refractivity contribution in [2.45, 2.75) is 34.6 Å². The number of fused-ring (bicyclic) bond motifs is 1. The average Bonchev–Trinajstić information content (AvgIpc) is 2.35. The molecule has 1 heterocycles. The van der Waals surface area contributed by atoms with Gasteiger partial charge in [0.25, 0.3) is 0 Å². The molecule has 1 aromatic carbocycles. The molecule has 0 N–H and O–H groups in total. The summed E-state index contributed by atoms with van der Waals surface area (Å²) < 4.78 is 0. The van der Waals surface area contributed by atoms with Gasteiger partial charge in [0, 0.05) is 11.1 Å². The summed E-state index contributed by atoms with van der Waals surface area (Å²) in [5.74, 6) is 0. The third kappa shape index (κ3) is 3.66. The lowest BCUT2D eigenvalue weighted by Crippen LogP contribution is -1.85. The van der Waals surface area contributed by atoms with E-state index in [0.717, 1.165) is 16.6 Å². The van der Waals surface area contributed by atoms with Crippen LogP contribution in [0.5, 0.6) is 0 Å². The van der Waals surface area contributed by atoms with Gasteiger partial charge in [-0.15, -0.1) is 0 Å². The van der Waals surface area contributed by atoms with Crippen LogP contribution < -0.4 is 0 Å². The molecular weight excluding hydrogens is 184 g/mol. The molecule has 0 unspecified atom stereocenters. The predicted molar refractivity (Wildman–Crippen MR) is 67.0 cm³/mol. The quantitative estimate of drug-likeness (QED) is 0.648. The molecule has 0 saturated heterocycles. The Labute approximate surface area is 92.4 Å². The Kier molecular flexibility index (Phi) is 7.16. The Balaban J connectivity index is 0.000000442. The van der Waals surface area contributed by atoms with Crippen molar-refractivity contribution < 1.29 is 0 Å². The zero-order valence-electron chi connectivity index (χ0n) is 10.3. The maximum atomic E-state index is 4.13. The number of para-hydroxylation sites is 1. The number of aromatic nitrogens is 2. The number of hydrogen-bond acceptors (Lipinski definition) is 2. The van der Waals surface area contributed by atoms with E-state index < -0.39 is 0 Å². The minimum absolute atomic E-state index is 1.01. The van der Waals surface area contributed by atoms with Crippen LogP contribution in [0.1, 0.15) is 33.4 Å². The molecule has 2 nitrogen and oxygen atoms in total. The van der Waals surface area contributed by atoms with Crippen molar-refractivity contribution >= 4 is 10.9 Å². The minimum atomic E-state index is 1.01. The summed E-state index contributed by atoms with van der Waals surface area (Å²) in [6, 6.07) is 8.00. The molecule has 1 aromatic heterocycles. The Hall–Kier alpha value is -1.44. The van der Waals surface area contributed by atoms with Crippen LogP contribution in [0.3, 0.4) is 0 Å². The van der Waals surface area contributed by atoms with Crippen LogP contribution in [0.25, 0.3) is 10.9 Å². The molecule has 2 heteroatoms. The zero-order chi connectivity index (χ0) is 11.7. The molecule has 2 aromatic rings. The van der Waals surface area contributed by atoms with Crippen LogP contribution in [0, 0.1) is 6.92 Å². The smallest absolute Gasteiger partial charge is 0.116 e. The fourth-order valence-electron chi connectivity index (χ4n) is 1.14. The molecule has 0 spiro atoms. The first-order chi connectivity index (χ1) is 7.38. The van der Waals surface area contributed by atoms with Gasteiger partial charge in [0.1, 0.15) is 6.33 Å². The zero-order valence-corrected chi connectivity index (χ0v) is 10.3. The largest absolute Gasteiger partial charge is 0.241 e. The molecule has 0 aliphatic heterocycles. The average molecular weight is 204 g/mol. The summed E-state index contributed by atoms with van der Waals surface area (Å²) in [5, 5.41) is 1.13. The molecule has 0 atom stereocenters. The van der Waals surface area contributed by atoms with Crippen molar-refractivity contribution in [2.75, 3.05) is 0 Å². The SMILES string of the molecule is CC.CC.Cc1ncnc2ccccc12. The van der Waals surface area contributed by atoms with Crippen molar-refractivity contribution in [1.29, 1.82) is 0 Å². The van der Waals surface area contributed by atoms with E-state index in [0.29, 0.717) is 0 Å². The minimum Gasteiger partial charge on any atom is -0.241 e. The summed E-state index contributed by atoms with van der Waals surface area (Å²) in [5.41, 5.74) is 2.05. The normalized spacial score (nSPS) is 8.33. The van der Waals surface area contributed by atoms with E-state index in [1.807, 2.05) is 58.9 Å². The van der Waals surface area contributed by atoms with Gasteiger partial charge in [0.05, 0.1) is 5.52 Å². The first-order valence-corrected chi connectivity index (χ1v) is 5.54. The summed E-state index contributed by atoms with van der Waals surface area (Å²) in [6.07, 6.45) is 1.59. The molecule has 0 saturated carbocycles. The lowest BCUT2D eigenvalue weighted by molar-refractivity contribution is 1.15. The van der Waals surface area contributed by atoms with Gasteiger partial charge in [-0.1, -0.05) is 45.9 Å². The number of aryl methyl sites for hydroxylation is 1. The Bertz CT molecular complexity index is 378. The van der Waals surface area contributed by atoms with Crippen LogP contribution in [-0.4, -0.2) is 9.97 Å². The van der Waals surface area contributed by atoms with Gasteiger partial charge in [-0.25, -0.2) is 9.97 Å². The Morgan fingerprint density at radius 3 is 2.07 bits per heavy atom. The van der Waals surface area contributed by atoms with E-state index in [1.165, 1.54) is 0 Å². The van der Waals surface area contributed by atoms with E-state index in [1.54, 1.807) is 6.33 Å². The fourth-order valence-corrected chi connectivity index (χ4v) is 1.14. The van der Waals surface area contributed by atoms with Crippen molar-refractivity contribution in [2.24, 2.45) is 0 Å². The van der Waals surface area contributed by atoms with Crippen LogP contribution in [0.15, 0.2) is 30.6 Å². The molecule has 82 valence electrons. The van der Waals surface area contributed by atoms with Crippen LogP contribution >= 0.6 is 0 Å². The van der Waals surface area contributed by atoms with Crippen molar-refractivity contribution in [3.63, 3.8) is 0 Å². The van der Waals surface area contributed by atoms with E-state index in [-0.39, 0.29) is 0 Å². The molecule has 0 radical (unpaired) electrons. The number of hydrogen-bond donors (Lipinski definition) is 0. The molecular formula is C13H20N2. The van der Waals surface area contributed by atoms with Gasteiger partial charge < -0.3 is 0 Å². The molecule has 0 aliphatic carbocycles. The van der Waals surface area contributed by atoms with Gasteiger partial charge in [0.2, 0.25) is 0 Å². The molecule has 0 fully saturated rings. The lowest BCUT2D eigenvalue weighted by atomic mass is 10.2. The highest BCUT2D eigenvalue weighted by Gasteiger charge is 1.94. The van der Waals surface area contributed by atoms with Crippen LogP contribution in [-0.2, 0) is 0 Å². The van der Waals surface area contributed by atoms with Crippen LogP contribution in [0.4, 0.5) is 0 Å². The van der Waals surface area contributed by atoms with Gasteiger partial charge >= 0.3 is 0 Å². The van der Waals surface area contributed by atoms with Crippen molar-refractivity contribution in [3.8, 4) is 0 Å². The third-order valence-corrected chi connectivity index (χ3v) is 1.74. The summed E-state index contributed by atoms with van der Waals surface area (Å²) in [4.78, 5) is 8.23. The standard InChI is InChI=1S/C9H8N2.2C2H6/c1-7-8-4-2-3-5-9(8)11-6-10-7;2*1-2/h2-6H,1H3;2*1-2H3. The second-order valence-electron chi connectivity index (χ2n) is 2.48. The van der Waals surface area contributed by atoms with Gasteiger partial charge in [-0.05, 0) is 13.0 Å². The second kappa shape index (κ2) is 7.92. The third-order valence-electron chi connectivity index (χ3n) is 1.74.